The van der Waals surface area contributed by atoms with Gasteiger partial charge in [0.15, 0.2) is 0 Å². The van der Waals surface area contributed by atoms with E-state index in [2.05, 4.69) is 0 Å². The molecule has 0 aromatic heterocycles. The molecule has 88 valence electrons. The maximum atomic E-state index is 6.00. The summed E-state index contributed by atoms with van der Waals surface area (Å²) in [5, 5.41) is 1.04. The van der Waals surface area contributed by atoms with Crippen molar-refractivity contribution >= 4 is 34.8 Å². The molecule has 1 nitrogen and oxygen atoms in total. The van der Waals surface area contributed by atoms with Crippen molar-refractivity contribution in [3.8, 4) is 5.75 Å². The summed E-state index contributed by atoms with van der Waals surface area (Å²) in [4.78, 5) is 0. The van der Waals surface area contributed by atoms with Crippen LogP contribution in [0.15, 0.2) is 29.5 Å². The average molecular weight is 280 g/mol. The minimum Gasteiger partial charge on any atom is -0.459 e. The van der Waals surface area contributed by atoms with Gasteiger partial charge >= 0.3 is 0 Å². The van der Waals surface area contributed by atoms with Crippen LogP contribution in [-0.2, 0) is 0 Å². The van der Waals surface area contributed by atoms with E-state index >= 15 is 0 Å². The van der Waals surface area contributed by atoms with E-state index in [1.54, 1.807) is 18.2 Å². The third-order valence-electron chi connectivity index (χ3n) is 1.95. The predicted molar refractivity (Wildman–Crippen MR) is 70.5 cm³/mol. The van der Waals surface area contributed by atoms with Gasteiger partial charge in [-0.3, -0.25) is 0 Å². The fourth-order valence-electron chi connectivity index (χ4n) is 1.02. The summed E-state index contributed by atoms with van der Waals surface area (Å²) >= 11 is 17.5. The second-order valence-electron chi connectivity index (χ2n) is 4.40. The van der Waals surface area contributed by atoms with Crippen LogP contribution < -0.4 is 4.74 Å². The monoisotopic (exact) mass is 278 g/mol. The highest BCUT2D eigenvalue weighted by molar-refractivity contribution is 6.35. The van der Waals surface area contributed by atoms with E-state index in [1.807, 2.05) is 20.8 Å². The molecule has 0 bridgehead atoms. The third-order valence-corrected chi connectivity index (χ3v) is 2.68. The number of allylic oxidation sites excluding steroid dienone is 1. The normalized spacial score (nSPS) is 12.8. The van der Waals surface area contributed by atoms with Crippen LogP contribution in [0.25, 0.3) is 0 Å². The summed E-state index contributed by atoms with van der Waals surface area (Å²) in [6.45, 7) is 6.01. The fraction of sp³-hybridized carbons (Fsp3) is 0.333. The lowest BCUT2D eigenvalue weighted by atomic mass is 9.95. The first-order valence-corrected chi connectivity index (χ1v) is 5.97. The molecule has 0 amide bonds. The van der Waals surface area contributed by atoms with Crippen LogP contribution in [0.2, 0.25) is 10.0 Å². The molecule has 0 heterocycles. The van der Waals surface area contributed by atoms with Crippen molar-refractivity contribution in [1.29, 1.82) is 0 Å². The van der Waals surface area contributed by atoms with Gasteiger partial charge in [0.05, 0.1) is 5.02 Å². The highest BCUT2D eigenvalue weighted by Crippen LogP contribution is 2.33. The second-order valence-corrected chi connectivity index (χ2v) is 5.46. The maximum absolute atomic E-state index is 6.00. The summed E-state index contributed by atoms with van der Waals surface area (Å²) in [6, 6.07) is 5.07. The molecule has 0 fully saturated rings. The largest absolute Gasteiger partial charge is 0.459 e. The molecule has 16 heavy (non-hydrogen) atoms. The van der Waals surface area contributed by atoms with Crippen molar-refractivity contribution in [2.24, 2.45) is 5.41 Å². The molecular formula is C12H13Cl3O. The molecule has 0 aliphatic carbocycles. The van der Waals surface area contributed by atoms with Gasteiger partial charge in [-0.2, -0.15) is 0 Å². The molecule has 0 unspecified atom stereocenters. The highest BCUT2D eigenvalue weighted by atomic mass is 35.5. The van der Waals surface area contributed by atoms with Crippen LogP contribution >= 0.6 is 34.8 Å². The van der Waals surface area contributed by atoms with Crippen LogP contribution in [0.1, 0.15) is 20.8 Å². The van der Waals surface area contributed by atoms with Crippen molar-refractivity contribution in [2.45, 2.75) is 20.8 Å². The zero-order chi connectivity index (χ0) is 12.3. The average Bonchev–Trinajstić information content (AvgIpc) is 2.14. The molecule has 0 saturated carbocycles. The lowest BCUT2D eigenvalue weighted by molar-refractivity contribution is 0.295. The zero-order valence-corrected chi connectivity index (χ0v) is 11.6. The first kappa shape index (κ1) is 13.7. The molecule has 4 heteroatoms. The van der Waals surface area contributed by atoms with Crippen LogP contribution in [0.5, 0.6) is 5.75 Å². The lowest BCUT2D eigenvalue weighted by Crippen LogP contribution is -2.14. The number of hydrogen-bond acceptors (Lipinski definition) is 1. The zero-order valence-electron chi connectivity index (χ0n) is 9.35. The molecule has 1 aromatic rings. The minimum absolute atomic E-state index is 0.176. The van der Waals surface area contributed by atoms with Gasteiger partial charge in [-0.15, -0.1) is 0 Å². The molecule has 0 atom stereocenters. The van der Waals surface area contributed by atoms with Crippen LogP contribution in [0, 0.1) is 5.41 Å². The van der Waals surface area contributed by atoms with Crippen molar-refractivity contribution in [2.75, 3.05) is 0 Å². The van der Waals surface area contributed by atoms with Gasteiger partial charge in [-0.05, 0) is 18.2 Å². The fourth-order valence-corrected chi connectivity index (χ4v) is 1.83. The van der Waals surface area contributed by atoms with Crippen LogP contribution in [-0.4, -0.2) is 0 Å². The number of rotatable bonds is 2. The quantitative estimate of drug-likeness (QED) is 0.650. The van der Waals surface area contributed by atoms with E-state index < -0.39 is 0 Å². The highest BCUT2D eigenvalue weighted by Gasteiger charge is 2.20. The maximum Gasteiger partial charge on any atom is 0.145 e. The molecule has 1 aromatic carbocycles. The molecule has 0 aliphatic rings. The molecule has 0 N–H and O–H groups in total. The van der Waals surface area contributed by atoms with Gasteiger partial charge in [-0.25, -0.2) is 0 Å². The summed E-state index contributed by atoms with van der Waals surface area (Å²) in [5.74, 6) is 1.20. The minimum atomic E-state index is -0.176. The summed E-state index contributed by atoms with van der Waals surface area (Å²) < 4.78 is 5.65. The number of halogens is 3. The third kappa shape index (κ3) is 3.58. The van der Waals surface area contributed by atoms with Gasteiger partial charge in [0.25, 0.3) is 0 Å². The van der Waals surface area contributed by atoms with Gasteiger partial charge < -0.3 is 4.74 Å². The Hall–Kier alpha value is -0.370. The smallest absolute Gasteiger partial charge is 0.145 e. The lowest BCUT2D eigenvalue weighted by Gasteiger charge is -2.22. The van der Waals surface area contributed by atoms with Crippen LogP contribution in [0.4, 0.5) is 0 Å². The molecule has 0 saturated heterocycles. The van der Waals surface area contributed by atoms with E-state index in [-0.39, 0.29) is 5.41 Å². The molecule has 0 aliphatic heterocycles. The van der Waals surface area contributed by atoms with Crippen molar-refractivity contribution in [3.05, 3.63) is 39.5 Å². The number of hydrogen-bond donors (Lipinski definition) is 0. The summed E-state index contributed by atoms with van der Waals surface area (Å²) in [6.07, 6.45) is 0. The Labute approximate surface area is 111 Å². The first-order chi connectivity index (χ1) is 7.34. The Morgan fingerprint density at radius 1 is 1.25 bits per heavy atom. The molecule has 0 spiro atoms. The SMILES string of the molecule is CC(C)(C)/C(=C/Cl)Oc1ccc(Cl)cc1Cl. The summed E-state index contributed by atoms with van der Waals surface area (Å²) in [7, 11) is 0. The van der Waals surface area contributed by atoms with E-state index in [9.17, 15) is 0 Å². The second kappa shape index (κ2) is 5.31. The van der Waals surface area contributed by atoms with Crippen molar-refractivity contribution in [1.82, 2.24) is 0 Å². The Kier molecular flexibility index (Phi) is 4.54. The summed E-state index contributed by atoms with van der Waals surface area (Å²) in [5.41, 5.74) is 1.25. The van der Waals surface area contributed by atoms with Gasteiger partial charge in [-0.1, -0.05) is 55.6 Å². The van der Waals surface area contributed by atoms with Crippen LogP contribution in [0.3, 0.4) is 0 Å². The Bertz CT molecular complexity index is 405. The van der Waals surface area contributed by atoms with Crippen molar-refractivity contribution < 1.29 is 4.74 Å². The van der Waals surface area contributed by atoms with Crippen molar-refractivity contribution in [3.63, 3.8) is 0 Å². The van der Waals surface area contributed by atoms with E-state index in [0.29, 0.717) is 21.6 Å². The first-order valence-electron chi connectivity index (χ1n) is 4.78. The molecular weight excluding hydrogens is 266 g/mol. The standard InChI is InChI=1S/C12H13Cl3O/c1-12(2,3)11(7-13)16-10-5-4-8(14)6-9(10)15/h4-7H,1-3H3/b11-7-. The van der Waals surface area contributed by atoms with E-state index in [0.717, 1.165) is 0 Å². The Morgan fingerprint density at radius 3 is 2.31 bits per heavy atom. The molecule has 1 rings (SSSR count). The topological polar surface area (TPSA) is 9.23 Å². The van der Waals surface area contributed by atoms with E-state index in [1.165, 1.54) is 5.54 Å². The Balaban J connectivity index is 2.96. The Morgan fingerprint density at radius 2 is 1.88 bits per heavy atom. The van der Waals surface area contributed by atoms with Gasteiger partial charge in [0.2, 0.25) is 0 Å². The van der Waals surface area contributed by atoms with Gasteiger partial charge in [0, 0.05) is 16.0 Å². The predicted octanol–water partition coefficient (Wildman–Crippen LogP) is 5.50. The van der Waals surface area contributed by atoms with E-state index in [4.69, 9.17) is 39.5 Å². The van der Waals surface area contributed by atoms with Gasteiger partial charge in [0.1, 0.15) is 11.5 Å². The molecule has 0 radical (unpaired) electrons. The number of ether oxygens (including phenoxy) is 1. The number of benzene rings is 1.